The standard InChI is InChI=1S/C19H22S/c1-13(2)11-18-15(4)19(20-16(18)5)17-10-8-6-7-9-14(3)12-17/h7-10,12H,1,3,6,11H2,2,4-5H3/b9-7-,10-8-,17-12?. The van der Waals surface area contributed by atoms with Gasteiger partial charge in [0.2, 0.25) is 0 Å². The molecule has 104 valence electrons. The van der Waals surface area contributed by atoms with E-state index in [9.17, 15) is 0 Å². The molecule has 0 unspecified atom stereocenters. The molecule has 0 spiro atoms. The SMILES string of the molecule is C=C1C=C(c2sc(C)c(CC(=C)C)c2C)/C=C\C/C=C\1. The Hall–Kier alpha value is -1.60. The summed E-state index contributed by atoms with van der Waals surface area (Å²) in [4.78, 5) is 2.77. The minimum Gasteiger partial charge on any atom is -0.140 e. The zero-order valence-electron chi connectivity index (χ0n) is 12.6. The van der Waals surface area contributed by atoms with Gasteiger partial charge in [-0.25, -0.2) is 0 Å². The summed E-state index contributed by atoms with van der Waals surface area (Å²) in [6.45, 7) is 14.7. The maximum absolute atomic E-state index is 4.09. The van der Waals surface area contributed by atoms with Gasteiger partial charge in [-0.05, 0) is 62.0 Å². The quantitative estimate of drug-likeness (QED) is 0.602. The Labute approximate surface area is 126 Å². The number of hydrogen-bond acceptors (Lipinski definition) is 1. The molecule has 0 nitrogen and oxygen atoms in total. The van der Waals surface area contributed by atoms with E-state index in [-0.39, 0.29) is 0 Å². The first-order valence-electron chi connectivity index (χ1n) is 6.96. The van der Waals surface area contributed by atoms with Gasteiger partial charge in [0.05, 0.1) is 0 Å². The van der Waals surface area contributed by atoms with Gasteiger partial charge >= 0.3 is 0 Å². The van der Waals surface area contributed by atoms with E-state index in [2.05, 4.69) is 64.3 Å². The molecule has 0 bridgehead atoms. The maximum atomic E-state index is 4.09. The molecule has 0 amide bonds. The predicted molar refractivity (Wildman–Crippen MR) is 92.3 cm³/mol. The lowest BCUT2D eigenvalue weighted by Crippen LogP contribution is -1.90. The molecule has 1 aliphatic carbocycles. The highest BCUT2D eigenvalue weighted by Crippen LogP contribution is 2.35. The molecule has 0 atom stereocenters. The average Bonchev–Trinajstić information content (AvgIpc) is 2.61. The first-order valence-corrected chi connectivity index (χ1v) is 7.78. The van der Waals surface area contributed by atoms with Gasteiger partial charge < -0.3 is 0 Å². The number of allylic oxidation sites excluding steroid dienone is 8. The first-order chi connectivity index (χ1) is 9.49. The van der Waals surface area contributed by atoms with Crippen LogP contribution in [0, 0.1) is 13.8 Å². The Kier molecular flexibility index (Phi) is 4.61. The van der Waals surface area contributed by atoms with Gasteiger partial charge in [0.15, 0.2) is 0 Å². The molecule has 1 heteroatoms. The summed E-state index contributed by atoms with van der Waals surface area (Å²) >= 11 is 1.88. The van der Waals surface area contributed by atoms with Crippen molar-refractivity contribution >= 4 is 16.9 Å². The van der Waals surface area contributed by atoms with Gasteiger partial charge in [-0.3, -0.25) is 0 Å². The van der Waals surface area contributed by atoms with Crippen molar-refractivity contribution in [3.8, 4) is 0 Å². The molecule has 0 radical (unpaired) electrons. The van der Waals surface area contributed by atoms with Crippen molar-refractivity contribution in [1.82, 2.24) is 0 Å². The zero-order chi connectivity index (χ0) is 14.7. The maximum Gasteiger partial charge on any atom is 0.0377 e. The van der Waals surface area contributed by atoms with Crippen LogP contribution >= 0.6 is 11.3 Å². The van der Waals surface area contributed by atoms with Crippen molar-refractivity contribution in [3.05, 3.63) is 75.6 Å². The molecule has 20 heavy (non-hydrogen) atoms. The summed E-state index contributed by atoms with van der Waals surface area (Å²) in [7, 11) is 0. The molecular weight excluding hydrogens is 260 g/mol. The Morgan fingerprint density at radius 3 is 2.65 bits per heavy atom. The van der Waals surface area contributed by atoms with Crippen LogP contribution < -0.4 is 0 Å². The third kappa shape index (κ3) is 3.29. The van der Waals surface area contributed by atoms with E-state index >= 15 is 0 Å². The third-order valence-electron chi connectivity index (χ3n) is 3.46. The second kappa shape index (κ2) is 6.23. The molecular formula is C19H22S. The van der Waals surface area contributed by atoms with Crippen LogP contribution in [-0.2, 0) is 6.42 Å². The smallest absolute Gasteiger partial charge is 0.0377 e. The Morgan fingerprint density at radius 2 is 1.95 bits per heavy atom. The summed E-state index contributed by atoms with van der Waals surface area (Å²) < 4.78 is 0. The highest BCUT2D eigenvalue weighted by atomic mass is 32.1. The van der Waals surface area contributed by atoms with E-state index in [1.165, 1.54) is 32.0 Å². The monoisotopic (exact) mass is 282 g/mol. The van der Waals surface area contributed by atoms with Crippen molar-refractivity contribution in [2.24, 2.45) is 0 Å². The lowest BCUT2D eigenvalue weighted by Gasteiger charge is -2.06. The fourth-order valence-corrected chi connectivity index (χ4v) is 3.63. The largest absolute Gasteiger partial charge is 0.140 e. The average molecular weight is 282 g/mol. The lowest BCUT2D eigenvalue weighted by molar-refractivity contribution is 1.12. The highest BCUT2D eigenvalue weighted by molar-refractivity contribution is 7.13. The van der Waals surface area contributed by atoms with Gasteiger partial charge in [0.25, 0.3) is 0 Å². The number of rotatable bonds is 3. The van der Waals surface area contributed by atoms with E-state index in [1.807, 2.05) is 11.3 Å². The van der Waals surface area contributed by atoms with Gasteiger partial charge in [-0.15, -0.1) is 11.3 Å². The van der Waals surface area contributed by atoms with Crippen molar-refractivity contribution in [3.63, 3.8) is 0 Å². The van der Waals surface area contributed by atoms with Crippen molar-refractivity contribution in [1.29, 1.82) is 0 Å². The van der Waals surface area contributed by atoms with E-state index in [4.69, 9.17) is 0 Å². The normalized spacial score (nSPS) is 18.1. The molecule has 1 aromatic heterocycles. The molecule has 0 aromatic carbocycles. The van der Waals surface area contributed by atoms with Crippen LogP contribution in [0.4, 0.5) is 0 Å². The van der Waals surface area contributed by atoms with Gasteiger partial charge in [0.1, 0.15) is 0 Å². The predicted octanol–water partition coefficient (Wildman–Crippen LogP) is 5.94. The molecule has 2 rings (SSSR count). The highest BCUT2D eigenvalue weighted by Gasteiger charge is 2.14. The van der Waals surface area contributed by atoms with Crippen molar-refractivity contribution < 1.29 is 0 Å². The summed E-state index contributed by atoms with van der Waals surface area (Å²) in [6.07, 6.45) is 12.8. The Bertz CT molecular complexity index is 633. The molecule has 0 fully saturated rings. The Balaban J connectivity index is 2.47. The van der Waals surface area contributed by atoms with E-state index in [1.54, 1.807) is 0 Å². The molecule has 0 saturated heterocycles. The molecule has 1 aliphatic rings. The van der Waals surface area contributed by atoms with Crippen molar-refractivity contribution in [2.75, 3.05) is 0 Å². The van der Waals surface area contributed by atoms with Gasteiger partial charge in [-0.1, -0.05) is 43.0 Å². The van der Waals surface area contributed by atoms with Crippen LogP contribution in [-0.4, -0.2) is 0 Å². The second-order valence-corrected chi connectivity index (χ2v) is 6.66. The van der Waals surface area contributed by atoms with Gasteiger partial charge in [-0.2, -0.15) is 0 Å². The summed E-state index contributed by atoms with van der Waals surface area (Å²) in [5.41, 5.74) is 6.39. The van der Waals surface area contributed by atoms with E-state index in [0.717, 1.165) is 18.4 Å². The third-order valence-corrected chi connectivity index (χ3v) is 4.76. The van der Waals surface area contributed by atoms with Crippen LogP contribution in [0.1, 0.15) is 34.2 Å². The van der Waals surface area contributed by atoms with Crippen molar-refractivity contribution in [2.45, 2.75) is 33.6 Å². The van der Waals surface area contributed by atoms with E-state index < -0.39 is 0 Å². The summed E-state index contributed by atoms with van der Waals surface area (Å²) in [6, 6.07) is 0. The fraction of sp³-hybridized carbons (Fsp3) is 0.263. The van der Waals surface area contributed by atoms with Gasteiger partial charge in [0, 0.05) is 9.75 Å². The fourth-order valence-electron chi connectivity index (χ4n) is 2.46. The van der Waals surface area contributed by atoms with Crippen LogP contribution in [0.25, 0.3) is 5.57 Å². The number of aryl methyl sites for hydroxylation is 1. The van der Waals surface area contributed by atoms with Crippen LogP contribution in [0.3, 0.4) is 0 Å². The summed E-state index contributed by atoms with van der Waals surface area (Å²) in [5.74, 6) is 0. The number of thiophene rings is 1. The molecule has 1 aromatic rings. The van der Waals surface area contributed by atoms with Crippen LogP contribution in [0.15, 0.2) is 54.7 Å². The first kappa shape index (κ1) is 14.8. The minimum atomic E-state index is 0.971. The van der Waals surface area contributed by atoms with E-state index in [0.29, 0.717) is 0 Å². The molecule has 0 N–H and O–H groups in total. The molecule has 1 heterocycles. The molecule has 0 saturated carbocycles. The van der Waals surface area contributed by atoms with Crippen LogP contribution in [0.5, 0.6) is 0 Å². The minimum absolute atomic E-state index is 0.971. The lowest BCUT2D eigenvalue weighted by atomic mass is 9.99. The topological polar surface area (TPSA) is 0 Å². The van der Waals surface area contributed by atoms with Crippen LogP contribution in [0.2, 0.25) is 0 Å². The molecule has 0 aliphatic heterocycles. The second-order valence-electron chi connectivity index (χ2n) is 5.44. The zero-order valence-corrected chi connectivity index (χ0v) is 13.4. The summed E-state index contributed by atoms with van der Waals surface area (Å²) in [5, 5.41) is 0. The Morgan fingerprint density at radius 1 is 1.25 bits per heavy atom. The number of hydrogen-bond donors (Lipinski definition) is 0.